The van der Waals surface area contributed by atoms with Gasteiger partial charge >= 0.3 is 0 Å². The molecule has 4 heteroatoms. The molecule has 10 heavy (non-hydrogen) atoms. The summed E-state index contributed by atoms with van der Waals surface area (Å²) in [6.45, 7) is 2.09. The van der Waals surface area contributed by atoms with E-state index in [4.69, 9.17) is 5.11 Å². The maximum absolute atomic E-state index is 12.4. The number of β-amino-alcohol motifs (C(OH)–C–C–N with tert-alkyl or cyclic N) is 1. The van der Waals surface area contributed by atoms with E-state index in [0.717, 1.165) is 6.54 Å². The Morgan fingerprint density at radius 1 is 1.60 bits per heavy atom. The van der Waals surface area contributed by atoms with E-state index >= 15 is 0 Å². The fraction of sp³-hybridized carbons (Fsp3) is 1.00. The monoisotopic (exact) mass is 169 g/mol. The van der Waals surface area contributed by atoms with Crippen LogP contribution in [0.15, 0.2) is 0 Å². The second-order valence-corrected chi connectivity index (χ2v) is 2.41. The van der Waals surface area contributed by atoms with Gasteiger partial charge in [0.2, 0.25) is 0 Å². The van der Waals surface area contributed by atoms with Gasteiger partial charge in [0.05, 0.1) is 6.61 Å². The van der Waals surface area contributed by atoms with Crippen molar-refractivity contribution in [3.8, 4) is 0 Å². The molecule has 0 aromatic rings. The van der Waals surface area contributed by atoms with E-state index < -0.39 is 6.17 Å². The lowest BCUT2D eigenvalue weighted by atomic mass is 10.3. The van der Waals surface area contributed by atoms with E-state index in [0.29, 0.717) is 19.5 Å². The van der Waals surface area contributed by atoms with E-state index in [1.54, 1.807) is 0 Å². The van der Waals surface area contributed by atoms with Gasteiger partial charge in [0.1, 0.15) is 6.17 Å². The summed E-state index contributed by atoms with van der Waals surface area (Å²) in [6.07, 6.45) is -0.0171. The quantitative estimate of drug-likeness (QED) is 0.649. The molecule has 0 aromatic carbocycles. The summed E-state index contributed by atoms with van der Waals surface area (Å²) in [6, 6.07) is 0. The minimum atomic E-state index is -0.656. The van der Waals surface area contributed by atoms with Crippen LogP contribution in [0.3, 0.4) is 0 Å². The zero-order valence-electron chi connectivity index (χ0n) is 5.79. The average Bonchev–Trinajstić information content (AvgIpc) is 2.17. The SMILES string of the molecule is Cl.OCCN1CC[C@H](F)C1. The van der Waals surface area contributed by atoms with Crippen molar-refractivity contribution in [3.63, 3.8) is 0 Å². The van der Waals surface area contributed by atoms with Crippen LogP contribution in [-0.4, -0.2) is 42.4 Å². The highest BCUT2D eigenvalue weighted by Crippen LogP contribution is 2.10. The Morgan fingerprint density at radius 2 is 2.30 bits per heavy atom. The summed E-state index contributed by atoms with van der Waals surface area (Å²) >= 11 is 0. The van der Waals surface area contributed by atoms with Crippen LogP contribution < -0.4 is 0 Å². The Labute approximate surface area is 66.4 Å². The normalized spacial score (nSPS) is 26.4. The van der Waals surface area contributed by atoms with Crippen molar-refractivity contribution in [1.29, 1.82) is 0 Å². The number of alkyl halides is 1. The Hall–Kier alpha value is 0.140. The largest absolute Gasteiger partial charge is 0.395 e. The predicted octanol–water partition coefficient (Wildman–Crippen LogP) is 0.444. The van der Waals surface area contributed by atoms with Gasteiger partial charge in [-0.1, -0.05) is 0 Å². The first-order valence-electron chi connectivity index (χ1n) is 3.30. The highest BCUT2D eigenvalue weighted by molar-refractivity contribution is 5.85. The minimum Gasteiger partial charge on any atom is -0.395 e. The standard InChI is InChI=1S/C6H12FNO.ClH/c7-6-1-2-8(5-6)3-4-9;/h6,9H,1-5H2;1H/t6-;/m0./s1. The van der Waals surface area contributed by atoms with Gasteiger partial charge in [0, 0.05) is 19.6 Å². The van der Waals surface area contributed by atoms with Gasteiger partial charge in [-0.25, -0.2) is 4.39 Å². The Balaban J connectivity index is 0.000000810. The Morgan fingerprint density at radius 3 is 2.70 bits per heavy atom. The van der Waals surface area contributed by atoms with Crippen LogP contribution in [0.5, 0.6) is 0 Å². The van der Waals surface area contributed by atoms with Crippen molar-refractivity contribution in [2.24, 2.45) is 0 Å². The third-order valence-electron chi connectivity index (χ3n) is 1.63. The van der Waals surface area contributed by atoms with E-state index in [1.807, 2.05) is 4.90 Å². The van der Waals surface area contributed by atoms with Gasteiger partial charge in [0.15, 0.2) is 0 Å². The van der Waals surface area contributed by atoms with Gasteiger partial charge in [-0.05, 0) is 6.42 Å². The molecule has 0 bridgehead atoms. The molecular formula is C6H13ClFNO. The summed E-state index contributed by atoms with van der Waals surface area (Å²) < 4.78 is 12.4. The number of hydrogen-bond donors (Lipinski definition) is 1. The first kappa shape index (κ1) is 10.1. The number of rotatable bonds is 2. The van der Waals surface area contributed by atoms with Crippen LogP contribution in [0.4, 0.5) is 4.39 Å². The molecule has 1 aliphatic rings. The van der Waals surface area contributed by atoms with Crippen LogP contribution >= 0.6 is 12.4 Å². The molecule has 1 rings (SSSR count). The highest BCUT2D eigenvalue weighted by atomic mass is 35.5. The molecule has 0 spiro atoms. The van der Waals surface area contributed by atoms with Crippen LogP contribution in [0.1, 0.15) is 6.42 Å². The maximum atomic E-state index is 12.4. The summed E-state index contributed by atoms with van der Waals surface area (Å²) in [4.78, 5) is 1.94. The van der Waals surface area contributed by atoms with Crippen molar-refractivity contribution in [2.45, 2.75) is 12.6 Å². The molecule has 0 saturated carbocycles. The molecule has 2 nitrogen and oxygen atoms in total. The first-order chi connectivity index (χ1) is 4.33. The van der Waals surface area contributed by atoms with E-state index in [1.165, 1.54) is 0 Å². The fourth-order valence-corrected chi connectivity index (χ4v) is 1.13. The molecule has 1 atom stereocenters. The fourth-order valence-electron chi connectivity index (χ4n) is 1.13. The molecule has 62 valence electrons. The predicted molar refractivity (Wildman–Crippen MR) is 40.3 cm³/mol. The maximum Gasteiger partial charge on any atom is 0.114 e. The molecular weight excluding hydrogens is 157 g/mol. The molecule has 0 aromatic heterocycles. The molecule has 1 N–H and O–H groups in total. The van der Waals surface area contributed by atoms with Crippen LogP contribution in [-0.2, 0) is 0 Å². The van der Waals surface area contributed by atoms with Gasteiger partial charge < -0.3 is 5.11 Å². The van der Waals surface area contributed by atoms with Crippen molar-refractivity contribution in [2.75, 3.05) is 26.2 Å². The van der Waals surface area contributed by atoms with Gasteiger partial charge in [-0.3, -0.25) is 4.90 Å². The summed E-state index contributed by atoms with van der Waals surface area (Å²) in [7, 11) is 0. The lowest BCUT2D eigenvalue weighted by molar-refractivity contribution is 0.211. The lowest BCUT2D eigenvalue weighted by Crippen LogP contribution is -2.24. The molecule has 0 aliphatic carbocycles. The van der Waals surface area contributed by atoms with Crippen molar-refractivity contribution >= 4 is 12.4 Å². The van der Waals surface area contributed by atoms with Crippen molar-refractivity contribution in [3.05, 3.63) is 0 Å². The van der Waals surface area contributed by atoms with Gasteiger partial charge in [-0.2, -0.15) is 0 Å². The molecule has 0 unspecified atom stereocenters. The molecule has 1 aliphatic heterocycles. The zero-order chi connectivity index (χ0) is 6.69. The van der Waals surface area contributed by atoms with E-state index in [9.17, 15) is 4.39 Å². The number of nitrogens with zero attached hydrogens (tertiary/aromatic N) is 1. The molecule has 0 amide bonds. The second kappa shape index (κ2) is 4.88. The number of likely N-dealkylation sites (tertiary alicyclic amines) is 1. The summed E-state index contributed by atoms with van der Waals surface area (Å²) in [5.41, 5.74) is 0. The molecule has 1 heterocycles. The smallest absolute Gasteiger partial charge is 0.114 e. The molecule has 1 saturated heterocycles. The molecule has 1 fully saturated rings. The third kappa shape index (κ3) is 2.82. The highest BCUT2D eigenvalue weighted by Gasteiger charge is 2.20. The Bertz CT molecular complexity index is 91.8. The van der Waals surface area contributed by atoms with Gasteiger partial charge in [0.25, 0.3) is 0 Å². The minimum absolute atomic E-state index is 0. The van der Waals surface area contributed by atoms with Crippen LogP contribution in [0.25, 0.3) is 0 Å². The summed E-state index contributed by atoms with van der Waals surface area (Å²) in [5.74, 6) is 0. The number of aliphatic hydroxyl groups is 1. The van der Waals surface area contributed by atoms with E-state index in [-0.39, 0.29) is 19.0 Å². The number of hydrogen-bond acceptors (Lipinski definition) is 2. The zero-order valence-corrected chi connectivity index (χ0v) is 6.61. The third-order valence-corrected chi connectivity index (χ3v) is 1.63. The number of halogens is 2. The second-order valence-electron chi connectivity index (χ2n) is 2.41. The van der Waals surface area contributed by atoms with Gasteiger partial charge in [-0.15, -0.1) is 12.4 Å². The lowest BCUT2D eigenvalue weighted by Gasteiger charge is -2.10. The van der Waals surface area contributed by atoms with E-state index in [2.05, 4.69) is 0 Å². The van der Waals surface area contributed by atoms with Crippen LogP contribution in [0.2, 0.25) is 0 Å². The average molecular weight is 170 g/mol. The van der Waals surface area contributed by atoms with Crippen molar-refractivity contribution < 1.29 is 9.50 Å². The topological polar surface area (TPSA) is 23.5 Å². The Kier molecular flexibility index (Phi) is 4.95. The van der Waals surface area contributed by atoms with Crippen molar-refractivity contribution in [1.82, 2.24) is 4.90 Å². The number of aliphatic hydroxyl groups excluding tert-OH is 1. The summed E-state index contributed by atoms with van der Waals surface area (Å²) in [5, 5.41) is 8.45. The van der Waals surface area contributed by atoms with Crippen LogP contribution in [0, 0.1) is 0 Å². The first-order valence-corrected chi connectivity index (χ1v) is 3.30. The molecule has 0 radical (unpaired) electrons.